The minimum Gasteiger partial charge on any atom is -0.308 e. The van der Waals surface area contributed by atoms with Crippen LogP contribution in [-0.2, 0) is 4.79 Å². The molecule has 2 N–H and O–H groups in total. The van der Waals surface area contributed by atoms with Crippen LogP contribution in [0.3, 0.4) is 0 Å². The van der Waals surface area contributed by atoms with Gasteiger partial charge in [0, 0.05) is 11.5 Å². The summed E-state index contributed by atoms with van der Waals surface area (Å²) in [4.78, 5) is 15.3. The highest BCUT2D eigenvalue weighted by atomic mass is 32.1. The van der Waals surface area contributed by atoms with Gasteiger partial charge in [0.15, 0.2) is 0 Å². The molecule has 0 aromatic carbocycles. The number of nitrogens with one attached hydrogen (secondary N) is 2. The molecule has 0 spiro atoms. The number of rotatable bonds is 5. The highest BCUT2D eigenvalue weighted by Gasteiger charge is 2.04. The Kier molecular flexibility index (Phi) is 4.48. The fourth-order valence-electron chi connectivity index (χ4n) is 0.890. The zero-order chi connectivity index (χ0) is 10.4. The van der Waals surface area contributed by atoms with Crippen LogP contribution in [0.2, 0.25) is 0 Å². The molecule has 0 radical (unpaired) electrons. The predicted octanol–water partition coefficient (Wildman–Crippen LogP) is 0.785. The summed E-state index contributed by atoms with van der Waals surface area (Å²) >= 11 is 1.20. The first-order chi connectivity index (χ1) is 6.72. The fraction of sp³-hybridized carbons (Fsp3) is 0.625. The Morgan fingerprint density at radius 2 is 2.36 bits per heavy atom. The Morgan fingerprint density at radius 3 is 2.93 bits per heavy atom. The van der Waals surface area contributed by atoms with Crippen LogP contribution in [0.4, 0.5) is 5.13 Å². The minimum atomic E-state index is -0.0744. The molecule has 14 heavy (non-hydrogen) atoms. The Bertz CT molecular complexity index is 299. The van der Waals surface area contributed by atoms with Crippen LogP contribution < -0.4 is 10.6 Å². The van der Waals surface area contributed by atoms with Crippen molar-refractivity contribution >= 4 is 22.6 Å². The number of hydrogen-bond donors (Lipinski definition) is 2. The van der Waals surface area contributed by atoms with Gasteiger partial charge in [-0.05, 0) is 19.9 Å². The number of amides is 1. The number of hydrogen-bond acceptors (Lipinski definition) is 5. The molecule has 0 atom stereocenters. The van der Waals surface area contributed by atoms with E-state index in [2.05, 4.69) is 26.9 Å². The second-order valence-electron chi connectivity index (χ2n) is 2.87. The molecule has 5 nitrogen and oxygen atoms in total. The highest BCUT2D eigenvalue weighted by molar-refractivity contribution is 7.09. The average molecular weight is 214 g/mol. The van der Waals surface area contributed by atoms with Gasteiger partial charge in [-0.25, -0.2) is 4.98 Å². The molecule has 0 saturated carbocycles. The van der Waals surface area contributed by atoms with Gasteiger partial charge in [0.2, 0.25) is 11.0 Å². The molecule has 1 aromatic rings. The van der Waals surface area contributed by atoms with Crippen LogP contribution in [0.15, 0.2) is 0 Å². The van der Waals surface area contributed by atoms with E-state index in [4.69, 9.17) is 0 Å². The van der Waals surface area contributed by atoms with Crippen LogP contribution in [0.5, 0.6) is 0 Å². The summed E-state index contributed by atoms with van der Waals surface area (Å²) < 4.78 is 3.96. The van der Waals surface area contributed by atoms with E-state index in [1.807, 2.05) is 0 Å². The van der Waals surface area contributed by atoms with Crippen molar-refractivity contribution in [3.05, 3.63) is 5.82 Å². The minimum absolute atomic E-state index is 0.0744. The largest absolute Gasteiger partial charge is 0.308 e. The van der Waals surface area contributed by atoms with Gasteiger partial charge in [-0.1, -0.05) is 6.92 Å². The van der Waals surface area contributed by atoms with Crippen molar-refractivity contribution in [2.24, 2.45) is 0 Å². The molecule has 0 aliphatic heterocycles. The molecule has 0 fully saturated rings. The van der Waals surface area contributed by atoms with Gasteiger partial charge in [0.05, 0.1) is 6.54 Å². The molecule has 1 amide bonds. The normalized spacial score (nSPS) is 10.1. The van der Waals surface area contributed by atoms with E-state index >= 15 is 0 Å². The zero-order valence-corrected chi connectivity index (χ0v) is 9.15. The third-order valence-electron chi connectivity index (χ3n) is 1.49. The molecule has 0 unspecified atom stereocenters. The van der Waals surface area contributed by atoms with Gasteiger partial charge in [0.1, 0.15) is 5.82 Å². The van der Waals surface area contributed by atoms with E-state index < -0.39 is 0 Å². The number of nitrogens with zero attached hydrogens (tertiary/aromatic N) is 2. The van der Waals surface area contributed by atoms with Crippen LogP contribution in [0.25, 0.3) is 0 Å². The van der Waals surface area contributed by atoms with E-state index in [0.29, 0.717) is 17.5 Å². The SMILES string of the molecule is CCCNCC(=O)Nc1nc(C)ns1. The van der Waals surface area contributed by atoms with Crippen LogP contribution >= 0.6 is 11.5 Å². The second kappa shape index (κ2) is 5.66. The third-order valence-corrected chi connectivity index (χ3v) is 2.21. The average Bonchev–Trinajstić information content (AvgIpc) is 2.52. The molecule has 0 aliphatic carbocycles. The Morgan fingerprint density at radius 1 is 1.57 bits per heavy atom. The van der Waals surface area contributed by atoms with Crippen molar-refractivity contribution < 1.29 is 4.79 Å². The lowest BCUT2D eigenvalue weighted by Crippen LogP contribution is -2.28. The number of carbonyl (C=O) groups is 1. The van der Waals surface area contributed by atoms with E-state index in [-0.39, 0.29) is 5.91 Å². The van der Waals surface area contributed by atoms with Gasteiger partial charge < -0.3 is 5.32 Å². The lowest BCUT2D eigenvalue weighted by atomic mass is 10.4. The summed E-state index contributed by atoms with van der Waals surface area (Å²) in [5, 5.41) is 6.23. The van der Waals surface area contributed by atoms with Crippen molar-refractivity contribution in [1.29, 1.82) is 0 Å². The summed E-state index contributed by atoms with van der Waals surface area (Å²) in [5.41, 5.74) is 0. The number of aryl methyl sites for hydroxylation is 1. The lowest BCUT2D eigenvalue weighted by molar-refractivity contribution is -0.115. The fourth-order valence-corrected chi connectivity index (χ4v) is 1.48. The monoisotopic (exact) mass is 214 g/mol. The van der Waals surface area contributed by atoms with E-state index in [1.165, 1.54) is 11.5 Å². The second-order valence-corrected chi connectivity index (χ2v) is 3.62. The Hall–Kier alpha value is -1.01. The molecular formula is C8H14N4OS. The Balaban J connectivity index is 2.27. The lowest BCUT2D eigenvalue weighted by Gasteiger charge is -2.01. The first-order valence-corrected chi connectivity index (χ1v) is 5.30. The maximum atomic E-state index is 11.3. The molecule has 0 aliphatic rings. The highest BCUT2D eigenvalue weighted by Crippen LogP contribution is 2.09. The van der Waals surface area contributed by atoms with Crippen molar-refractivity contribution in [2.75, 3.05) is 18.4 Å². The summed E-state index contributed by atoms with van der Waals surface area (Å²) in [5.74, 6) is 0.612. The smallest absolute Gasteiger partial charge is 0.240 e. The zero-order valence-electron chi connectivity index (χ0n) is 8.33. The van der Waals surface area contributed by atoms with E-state index in [9.17, 15) is 4.79 Å². The number of aromatic nitrogens is 2. The number of carbonyl (C=O) groups excluding carboxylic acids is 1. The van der Waals surface area contributed by atoms with E-state index in [0.717, 1.165) is 13.0 Å². The summed E-state index contributed by atoms with van der Waals surface area (Å²) in [6.07, 6.45) is 1.02. The van der Waals surface area contributed by atoms with E-state index in [1.54, 1.807) is 6.92 Å². The molecule has 0 saturated heterocycles. The first-order valence-electron chi connectivity index (χ1n) is 4.53. The molecule has 0 bridgehead atoms. The summed E-state index contributed by atoms with van der Waals surface area (Å²) in [7, 11) is 0. The standard InChI is InChI=1S/C8H14N4OS/c1-3-4-9-5-7(13)11-8-10-6(2)12-14-8/h9H,3-5H2,1-2H3,(H,10,11,12,13). The molecule has 1 aromatic heterocycles. The van der Waals surface area contributed by atoms with Crippen LogP contribution in [0.1, 0.15) is 19.2 Å². The topological polar surface area (TPSA) is 66.9 Å². The molecule has 1 rings (SSSR count). The van der Waals surface area contributed by atoms with Gasteiger partial charge in [-0.3, -0.25) is 10.1 Å². The summed E-state index contributed by atoms with van der Waals surface area (Å²) in [6.45, 7) is 5.02. The van der Waals surface area contributed by atoms with Gasteiger partial charge >= 0.3 is 0 Å². The van der Waals surface area contributed by atoms with Crippen molar-refractivity contribution in [1.82, 2.24) is 14.7 Å². The van der Waals surface area contributed by atoms with Gasteiger partial charge in [-0.2, -0.15) is 4.37 Å². The summed E-state index contributed by atoms with van der Waals surface area (Å²) in [6, 6.07) is 0. The van der Waals surface area contributed by atoms with Gasteiger partial charge in [-0.15, -0.1) is 0 Å². The molecular weight excluding hydrogens is 200 g/mol. The quantitative estimate of drug-likeness (QED) is 0.711. The first kappa shape index (κ1) is 11.1. The predicted molar refractivity (Wildman–Crippen MR) is 56.4 cm³/mol. The van der Waals surface area contributed by atoms with Gasteiger partial charge in [0.25, 0.3) is 0 Å². The third kappa shape index (κ3) is 3.80. The maximum Gasteiger partial charge on any atom is 0.240 e. The van der Waals surface area contributed by atoms with Crippen molar-refractivity contribution in [3.8, 4) is 0 Å². The van der Waals surface area contributed by atoms with Crippen molar-refractivity contribution in [2.45, 2.75) is 20.3 Å². The van der Waals surface area contributed by atoms with Crippen LogP contribution in [0, 0.1) is 6.92 Å². The van der Waals surface area contributed by atoms with Crippen molar-refractivity contribution in [3.63, 3.8) is 0 Å². The number of anilines is 1. The van der Waals surface area contributed by atoms with Crippen LogP contribution in [-0.4, -0.2) is 28.4 Å². The molecule has 1 heterocycles. The maximum absolute atomic E-state index is 11.3. The Labute approximate surface area is 87.1 Å². The molecule has 6 heteroatoms. The molecule has 78 valence electrons.